The average molecular weight is 385 g/mol. The summed E-state index contributed by atoms with van der Waals surface area (Å²) in [5.74, 6) is -1.73. The monoisotopic (exact) mass is 385 g/mol. The van der Waals surface area contributed by atoms with E-state index in [0.717, 1.165) is 13.2 Å². The van der Waals surface area contributed by atoms with Crippen LogP contribution in [0.15, 0.2) is 23.4 Å². The van der Waals surface area contributed by atoms with E-state index in [-0.39, 0.29) is 9.76 Å². The molecule has 0 aliphatic carbocycles. The van der Waals surface area contributed by atoms with Crippen molar-refractivity contribution in [2.24, 2.45) is 7.05 Å². The second kappa shape index (κ2) is 7.04. The van der Waals surface area contributed by atoms with Crippen molar-refractivity contribution in [2.45, 2.75) is 30.5 Å². The van der Waals surface area contributed by atoms with Gasteiger partial charge in [-0.2, -0.15) is 27.1 Å². The number of rotatable bonds is 5. The van der Waals surface area contributed by atoms with Gasteiger partial charge in [0.15, 0.2) is 11.9 Å². The Balaban J connectivity index is 2.47. The SMILES string of the molecule is Cc1cc[n+]([O-])c([S+]([O-])Cc2c(C(F)(F)F)nn(C)c2OC(F)F)c1. The van der Waals surface area contributed by atoms with Crippen LogP contribution in [0.25, 0.3) is 0 Å². The zero-order valence-corrected chi connectivity index (χ0v) is 13.7. The molecule has 0 saturated carbocycles. The topological polar surface area (TPSA) is 77.0 Å². The van der Waals surface area contributed by atoms with E-state index in [1.54, 1.807) is 6.92 Å². The lowest BCUT2D eigenvalue weighted by Crippen LogP contribution is -2.34. The lowest BCUT2D eigenvalue weighted by atomic mass is 10.2. The fourth-order valence-corrected chi connectivity index (χ4v) is 3.33. The smallest absolute Gasteiger partial charge is 0.435 e. The fraction of sp³-hybridized carbons (Fsp3) is 0.385. The minimum Gasteiger partial charge on any atom is -0.615 e. The predicted molar refractivity (Wildman–Crippen MR) is 75.1 cm³/mol. The summed E-state index contributed by atoms with van der Waals surface area (Å²) >= 11 is -2.24. The highest BCUT2D eigenvalue weighted by Crippen LogP contribution is 2.37. The zero-order valence-electron chi connectivity index (χ0n) is 12.9. The van der Waals surface area contributed by atoms with Crippen molar-refractivity contribution in [3.63, 3.8) is 0 Å². The Kier molecular flexibility index (Phi) is 5.42. The minimum absolute atomic E-state index is 0.236. The number of pyridine rings is 1. The molecule has 1 unspecified atom stereocenters. The standard InChI is InChI=1S/C13H12F5N3O3S/c1-7-3-4-21(22)9(5-7)25(23)6-8-10(13(16,17)18)19-20(2)11(8)24-12(14)15/h3-5,12H,6H2,1-2H3. The number of hydrogen-bond donors (Lipinski definition) is 0. The maximum Gasteiger partial charge on any atom is 0.435 e. The van der Waals surface area contributed by atoms with Crippen LogP contribution in [0.2, 0.25) is 0 Å². The summed E-state index contributed by atoms with van der Waals surface area (Å²) in [6.45, 7) is -1.80. The molecule has 6 nitrogen and oxygen atoms in total. The molecule has 2 rings (SSSR count). The molecule has 1 atom stereocenters. The van der Waals surface area contributed by atoms with Gasteiger partial charge in [-0.15, -0.1) is 4.73 Å². The first kappa shape index (κ1) is 19.2. The first-order chi connectivity index (χ1) is 11.5. The summed E-state index contributed by atoms with van der Waals surface area (Å²) < 4.78 is 81.4. The summed E-state index contributed by atoms with van der Waals surface area (Å²) in [6.07, 6.45) is -3.92. The maximum absolute atomic E-state index is 13.1. The molecule has 0 spiro atoms. The molecule has 0 aliphatic rings. The molecule has 2 aromatic heterocycles. The normalized spacial score (nSPS) is 13.3. The van der Waals surface area contributed by atoms with E-state index in [0.29, 0.717) is 10.2 Å². The van der Waals surface area contributed by atoms with Gasteiger partial charge in [-0.3, -0.25) is 0 Å². The maximum atomic E-state index is 13.1. The Morgan fingerprint density at radius 2 is 2.04 bits per heavy atom. The lowest BCUT2D eigenvalue weighted by Gasteiger charge is -2.12. The molecule has 25 heavy (non-hydrogen) atoms. The minimum atomic E-state index is -4.97. The molecule has 0 bridgehead atoms. The van der Waals surface area contributed by atoms with E-state index in [1.165, 1.54) is 12.1 Å². The molecule has 12 heteroatoms. The molecule has 0 radical (unpaired) electrons. The predicted octanol–water partition coefficient (Wildman–Crippen LogP) is 2.29. The van der Waals surface area contributed by atoms with Crippen LogP contribution >= 0.6 is 0 Å². The highest BCUT2D eigenvalue weighted by molar-refractivity contribution is 7.90. The van der Waals surface area contributed by atoms with E-state index in [9.17, 15) is 31.7 Å². The van der Waals surface area contributed by atoms with E-state index < -0.39 is 46.9 Å². The third kappa shape index (κ3) is 4.31. The molecule has 138 valence electrons. The molecule has 0 aromatic carbocycles. The molecule has 0 fully saturated rings. The van der Waals surface area contributed by atoms with Gasteiger partial charge in [0, 0.05) is 13.1 Å². The van der Waals surface area contributed by atoms with Gasteiger partial charge >= 0.3 is 17.8 Å². The highest BCUT2D eigenvalue weighted by Gasteiger charge is 2.42. The van der Waals surface area contributed by atoms with E-state index in [4.69, 9.17) is 0 Å². The Bertz CT molecular complexity index is 766. The molecule has 0 aliphatic heterocycles. The molecule has 2 heterocycles. The van der Waals surface area contributed by atoms with Crippen LogP contribution in [0, 0.1) is 12.1 Å². The lowest BCUT2D eigenvalue weighted by molar-refractivity contribution is -0.646. The van der Waals surface area contributed by atoms with Crippen molar-refractivity contribution >= 4 is 11.2 Å². The Labute approximate surface area is 141 Å². The number of hydrogen-bond acceptors (Lipinski definition) is 4. The third-order valence-corrected chi connectivity index (χ3v) is 4.42. The van der Waals surface area contributed by atoms with Gasteiger partial charge in [-0.05, 0) is 12.5 Å². The van der Waals surface area contributed by atoms with Gasteiger partial charge in [0.1, 0.15) is 5.75 Å². The summed E-state index contributed by atoms with van der Waals surface area (Å²) in [4.78, 5) is 0. The number of alkyl halides is 5. The van der Waals surface area contributed by atoms with Crippen LogP contribution in [-0.2, 0) is 30.2 Å². The number of halogens is 5. The van der Waals surface area contributed by atoms with Crippen LogP contribution in [0.1, 0.15) is 16.8 Å². The first-order valence-electron chi connectivity index (χ1n) is 6.66. The third-order valence-electron chi connectivity index (χ3n) is 3.11. The van der Waals surface area contributed by atoms with Crippen LogP contribution in [0.3, 0.4) is 0 Å². The van der Waals surface area contributed by atoms with Crippen LogP contribution in [0.4, 0.5) is 22.0 Å². The van der Waals surface area contributed by atoms with Gasteiger partial charge in [-0.1, -0.05) is 0 Å². The van der Waals surface area contributed by atoms with Crippen molar-refractivity contribution < 1.29 is 36.0 Å². The number of nitrogens with zero attached hydrogens (tertiary/aromatic N) is 3. The van der Waals surface area contributed by atoms with Crippen molar-refractivity contribution in [1.29, 1.82) is 0 Å². The number of aromatic nitrogens is 3. The van der Waals surface area contributed by atoms with Crippen LogP contribution in [0.5, 0.6) is 5.88 Å². The second-order valence-corrected chi connectivity index (χ2v) is 6.39. The Morgan fingerprint density at radius 1 is 1.40 bits per heavy atom. The number of ether oxygens (including phenoxy) is 1. The number of aryl methyl sites for hydroxylation is 2. The molecule has 2 aromatic rings. The summed E-state index contributed by atoms with van der Waals surface area (Å²) in [5, 5.41) is 14.5. The van der Waals surface area contributed by atoms with Gasteiger partial charge in [0.2, 0.25) is 5.88 Å². The van der Waals surface area contributed by atoms with Gasteiger partial charge < -0.3 is 14.5 Å². The van der Waals surface area contributed by atoms with Crippen LogP contribution < -0.4 is 9.47 Å². The summed E-state index contributed by atoms with van der Waals surface area (Å²) in [7, 11) is 0.986. The van der Waals surface area contributed by atoms with E-state index in [1.807, 2.05) is 0 Å². The summed E-state index contributed by atoms with van der Waals surface area (Å²) in [6, 6.07) is 2.66. The van der Waals surface area contributed by atoms with Gasteiger partial charge in [0.25, 0.3) is 0 Å². The Morgan fingerprint density at radius 3 is 2.60 bits per heavy atom. The van der Waals surface area contributed by atoms with E-state index in [2.05, 4.69) is 9.84 Å². The van der Waals surface area contributed by atoms with E-state index >= 15 is 0 Å². The first-order valence-corrected chi connectivity index (χ1v) is 7.98. The van der Waals surface area contributed by atoms with Crippen molar-refractivity contribution in [1.82, 2.24) is 9.78 Å². The average Bonchev–Trinajstić information content (AvgIpc) is 2.78. The molecular weight excluding hydrogens is 373 g/mol. The second-order valence-electron chi connectivity index (χ2n) is 4.99. The molecule has 0 amide bonds. The van der Waals surface area contributed by atoms with Crippen molar-refractivity contribution in [3.05, 3.63) is 40.4 Å². The molecular formula is C13H12F5N3O3S. The molecule has 0 saturated heterocycles. The van der Waals surface area contributed by atoms with Gasteiger partial charge in [0.05, 0.1) is 22.8 Å². The van der Waals surface area contributed by atoms with Crippen molar-refractivity contribution in [2.75, 3.05) is 0 Å². The quantitative estimate of drug-likeness (QED) is 0.343. The van der Waals surface area contributed by atoms with Crippen molar-refractivity contribution in [3.8, 4) is 5.88 Å². The zero-order chi connectivity index (χ0) is 18.9. The van der Waals surface area contributed by atoms with Gasteiger partial charge in [-0.25, -0.2) is 4.68 Å². The largest absolute Gasteiger partial charge is 0.615 e. The fourth-order valence-electron chi connectivity index (χ4n) is 2.08. The Hall–Kier alpha value is -2.08. The van der Waals surface area contributed by atoms with Crippen LogP contribution in [-0.4, -0.2) is 20.9 Å². The highest BCUT2D eigenvalue weighted by atomic mass is 32.2. The summed E-state index contributed by atoms with van der Waals surface area (Å²) in [5.41, 5.74) is -1.75. The molecule has 0 N–H and O–H groups in total.